The van der Waals surface area contributed by atoms with Crippen LogP contribution < -0.4 is 5.32 Å². The number of rotatable bonds is 7. The van der Waals surface area contributed by atoms with Crippen molar-refractivity contribution in [3.63, 3.8) is 0 Å². The first-order valence-electron chi connectivity index (χ1n) is 8.68. The van der Waals surface area contributed by atoms with Crippen LogP contribution in [0.5, 0.6) is 0 Å². The highest BCUT2D eigenvalue weighted by Crippen LogP contribution is 2.26. The van der Waals surface area contributed by atoms with Crippen molar-refractivity contribution in [1.29, 1.82) is 0 Å². The SMILES string of the molecule is CC(Cn1cncn1)NC(=O)c1cccc(-c2ccc(CO)cc2CO)c1. The summed E-state index contributed by atoms with van der Waals surface area (Å²) in [4.78, 5) is 16.5. The van der Waals surface area contributed by atoms with Gasteiger partial charge in [-0.3, -0.25) is 9.48 Å². The maximum absolute atomic E-state index is 12.6. The number of aromatic nitrogens is 3. The Labute approximate surface area is 157 Å². The summed E-state index contributed by atoms with van der Waals surface area (Å²) < 4.78 is 1.66. The third-order valence-corrected chi connectivity index (χ3v) is 4.26. The lowest BCUT2D eigenvalue weighted by Gasteiger charge is -2.15. The van der Waals surface area contributed by atoms with Crippen LogP contribution in [0.1, 0.15) is 28.4 Å². The molecule has 0 radical (unpaired) electrons. The van der Waals surface area contributed by atoms with Crippen LogP contribution >= 0.6 is 0 Å². The molecule has 1 amide bonds. The Morgan fingerprint density at radius 1 is 1.19 bits per heavy atom. The molecule has 3 N–H and O–H groups in total. The van der Waals surface area contributed by atoms with Gasteiger partial charge >= 0.3 is 0 Å². The summed E-state index contributed by atoms with van der Waals surface area (Å²) in [5.74, 6) is -0.179. The van der Waals surface area contributed by atoms with E-state index in [0.717, 1.165) is 16.7 Å². The predicted octanol–water partition coefficient (Wildman–Crippen LogP) is 1.75. The number of nitrogens with zero attached hydrogens (tertiary/aromatic N) is 3. The van der Waals surface area contributed by atoms with Gasteiger partial charge < -0.3 is 15.5 Å². The zero-order valence-electron chi connectivity index (χ0n) is 15.0. The minimum Gasteiger partial charge on any atom is -0.392 e. The Morgan fingerprint density at radius 2 is 2.04 bits per heavy atom. The quantitative estimate of drug-likeness (QED) is 0.591. The molecule has 0 saturated carbocycles. The van der Waals surface area contributed by atoms with Crippen molar-refractivity contribution >= 4 is 5.91 Å². The fourth-order valence-electron chi connectivity index (χ4n) is 2.95. The summed E-state index contributed by atoms with van der Waals surface area (Å²) in [6, 6.07) is 12.6. The van der Waals surface area contributed by atoms with Crippen molar-refractivity contribution in [1.82, 2.24) is 20.1 Å². The van der Waals surface area contributed by atoms with Crippen LogP contribution in [0.2, 0.25) is 0 Å². The lowest BCUT2D eigenvalue weighted by Crippen LogP contribution is -2.35. The number of amides is 1. The highest BCUT2D eigenvalue weighted by Gasteiger charge is 2.13. The fraction of sp³-hybridized carbons (Fsp3) is 0.250. The third kappa shape index (κ3) is 4.58. The lowest BCUT2D eigenvalue weighted by molar-refractivity contribution is 0.0936. The van der Waals surface area contributed by atoms with Gasteiger partial charge in [0.05, 0.1) is 19.8 Å². The molecule has 0 saturated heterocycles. The van der Waals surface area contributed by atoms with E-state index in [-0.39, 0.29) is 25.2 Å². The first kappa shape index (κ1) is 18.8. The van der Waals surface area contributed by atoms with Crippen molar-refractivity contribution in [3.05, 3.63) is 71.8 Å². The van der Waals surface area contributed by atoms with Gasteiger partial charge in [0.15, 0.2) is 0 Å². The summed E-state index contributed by atoms with van der Waals surface area (Å²) in [7, 11) is 0. The Morgan fingerprint density at radius 3 is 2.74 bits per heavy atom. The maximum atomic E-state index is 12.6. The number of benzene rings is 2. The zero-order valence-corrected chi connectivity index (χ0v) is 15.0. The van der Waals surface area contributed by atoms with Crippen LogP contribution in [-0.2, 0) is 19.8 Å². The molecule has 140 valence electrons. The third-order valence-electron chi connectivity index (χ3n) is 4.26. The fourth-order valence-corrected chi connectivity index (χ4v) is 2.95. The van der Waals surface area contributed by atoms with Gasteiger partial charge in [0.2, 0.25) is 0 Å². The van der Waals surface area contributed by atoms with Gasteiger partial charge in [0.25, 0.3) is 5.91 Å². The van der Waals surface area contributed by atoms with Crippen molar-refractivity contribution in [2.75, 3.05) is 0 Å². The van der Waals surface area contributed by atoms with E-state index in [4.69, 9.17) is 0 Å². The van der Waals surface area contributed by atoms with E-state index in [1.54, 1.807) is 35.3 Å². The summed E-state index contributed by atoms with van der Waals surface area (Å²) in [5, 5.41) is 25.9. The number of aliphatic hydroxyl groups excluding tert-OH is 2. The van der Waals surface area contributed by atoms with Gasteiger partial charge in [0, 0.05) is 11.6 Å². The molecule has 3 rings (SSSR count). The molecule has 7 heteroatoms. The Balaban J connectivity index is 1.78. The largest absolute Gasteiger partial charge is 0.392 e. The van der Waals surface area contributed by atoms with E-state index in [1.807, 2.05) is 25.1 Å². The molecule has 1 heterocycles. The van der Waals surface area contributed by atoms with Crippen LogP contribution in [-0.4, -0.2) is 36.9 Å². The van der Waals surface area contributed by atoms with E-state index in [0.29, 0.717) is 17.7 Å². The smallest absolute Gasteiger partial charge is 0.251 e. The van der Waals surface area contributed by atoms with Crippen molar-refractivity contribution in [2.24, 2.45) is 0 Å². The highest BCUT2D eigenvalue weighted by atomic mass is 16.3. The van der Waals surface area contributed by atoms with Gasteiger partial charge in [-0.25, -0.2) is 4.98 Å². The Bertz CT molecular complexity index is 909. The maximum Gasteiger partial charge on any atom is 0.251 e. The minimum absolute atomic E-state index is 0.0839. The van der Waals surface area contributed by atoms with Gasteiger partial charge in [-0.05, 0) is 41.3 Å². The summed E-state index contributed by atoms with van der Waals surface area (Å²) in [5.41, 5.74) is 3.64. The van der Waals surface area contributed by atoms with E-state index in [9.17, 15) is 15.0 Å². The van der Waals surface area contributed by atoms with Gasteiger partial charge in [-0.1, -0.05) is 30.3 Å². The van der Waals surface area contributed by atoms with E-state index < -0.39 is 0 Å². The van der Waals surface area contributed by atoms with Crippen molar-refractivity contribution < 1.29 is 15.0 Å². The minimum atomic E-state index is -0.179. The molecule has 27 heavy (non-hydrogen) atoms. The zero-order chi connectivity index (χ0) is 19.2. The Kier molecular flexibility index (Phi) is 5.95. The molecule has 2 aromatic carbocycles. The molecule has 0 fully saturated rings. The number of carbonyl (C=O) groups is 1. The van der Waals surface area contributed by atoms with Crippen LogP contribution in [0.25, 0.3) is 11.1 Å². The van der Waals surface area contributed by atoms with Crippen LogP contribution in [0, 0.1) is 0 Å². The van der Waals surface area contributed by atoms with Gasteiger partial charge in [-0.2, -0.15) is 5.10 Å². The van der Waals surface area contributed by atoms with E-state index in [2.05, 4.69) is 15.4 Å². The molecular weight excluding hydrogens is 344 g/mol. The number of nitrogens with one attached hydrogen (secondary N) is 1. The Hall–Kier alpha value is -3.03. The van der Waals surface area contributed by atoms with Crippen molar-refractivity contribution in [2.45, 2.75) is 32.7 Å². The molecule has 3 aromatic rings. The standard InChI is InChI=1S/C20H22N4O3/c1-14(9-24-13-21-12-22-24)23-20(27)17-4-2-3-16(8-17)19-6-5-15(10-25)7-18(19)11-26/h2-8,12-14,25-26H,9-11H2,1H3,(H,23,27). The summed E-state index contributed by atoms with van der Waals surface area (Å²) in [6.07, 6.45) is 3.06. The topological polar surface area (TPSA) is 100 Å². The molecule has 1 unspecified atom stereocenters. The van der Waals surface area contributed by atoms with Crippen LogP contribution in [0.4, 0.5) is 0 Å². The molecule has 0 spiro atoms. The number of carbonyl (C=O) groups excluding carboxylic acids is 1. The molecule has 1 aromatic heterocycles. The van der Waals surface area contributed by atoms with Crippen LogP contribution in [0.3, 0.4) is 0 Å². The molecule has 7 nitrogen and oxygen atoms in total. The van der Waals surface area contributed by atoms with Crippen LogP contribution in [0.15, 0.2) is 55.1 Å². The monoisotopic (exact) mass is 366 g/mol. The molecule has 0 aliphatic rings. The molecule has 0 bridgehead atoms. The van der Waals surface area contributed by atoms with E-state index >= 15 is 0 Å². The normalized spacial score (nSPS) is 12.0. The first-order valence-corrected chi connectivity index (χ1v) is 8.68. The van der Waals surface area contributed by atoms with Gasteiger partial charge in [-0.15, -0.1) is 0 Å². The second-order valence-electron chi connectivity index (χ2n) is 6.38. The average molecular weight is 366 g/mol. The van der Waals surface area contributed by atoms with E-state index in [1.165, 1.54) is 6.33 Å². The van der Waals surface area contributed by atoms with Gasteiger partial charge in [0.1, 0.15) is 12.7 Å². The van der Waals surface area contributed by atoms with Crippen molar-refractivity contribution in [3.8, 4) is 11.1 Å². The molecule has 0 aliphatic carbocycles. The molecular formula is C20H22N4O3. The lowest BCUT2D eigenvalue weighted by atomic mass is 9.96. The number of hydrogen-bond acceptors (Lipinski definition) is 5. The average Bonchev–Trinajstić information content (AvgIpc) is 3.20. The first-order chi connectivity index (χ1) is 13.1. The summed E-state index contributed by atoms with van der Waals surface area (Å²) >= 11 is 0. The highest BCUT2D eigenvalue weighted by molar-refractivity contribution is 5.95. The number of hydrogen-bond donors (Lipinski definition) is 3. The molecule has 1 atom stereocenters. The predicted molar refractivity (Wildman–Crippen MR) is 101 cm³/mol. The molecule has 0 aliphatic heterocycles. The summed E-state index contributed by atoms with van der Waals surface area (Å²) in [6.45, 7) is 2.21. The second-order valence-corrected chi connectivity index (χ2v) is 6.38. The number of aliphatic hydroxyl groups is 2. The second kappa shape index (κ2) is 8.57.